The topological polar surface area (TPSA) is 46.2 Å². The van der Waals surface area contributed by atoms with Crippen molar-refractivity contribution >= 4 is 11.7 Å². The van der Waals surface area contributed by atoms with E-state index in [1.165, 1.54) is 6.92 Å². The van der Waals surface area contributed by atoms with Crippen LogP contribution in [0.2, 0.25) is 0 Å². The molecule has 3 nitrogen and oxygen atoms in total. The fourth-order valence-electron chi connectivity index (χ4n) is 0.862. The number of amides is 1. The van der Waals surface area contributed by atoms with Crippen LogP contribution in [0.25, 0.3) is 0 Å². The van der Waals surface area contributed by atoms with Crippen LogP contribution in [-0.2, 0) is 9.59 Å². The maximum Gasteiger partial charge on any atom is 0.227 e. The van der Waals surface area contributed by atoms with E-state index in [2.05, 4.69) is 33.0 Å². The first-order valence-electron chi connectivity index (χ1n) is 4.99. The Morgan fingerprint density at radius 1 is 1.29 bits per heavy atom. The summed E-state index contributed by atoms with van der Waals surface area (Å²) in [6.45, 7) is 10.6. The molecule has 0 rings (SSSR count). The number of hydrogen-bond donors (Lipinski definition) is 1. The first-order chi connectivity index (χ1) is 6.23. The third kappa shape index (κ3) is 5.73. The van der Waals surface area contributed by atoms with E-state index in [-0.39, 0.29) is 23.5 Å². The molecular weight excluding hydrogens is 178 g/mol. The highest BCUT2D eigenvalue weighted by Crippen LogP contribution is 2.24. The third-order valence-electron chi connectivity index (χ3n) is 2.49. The normalized spacial score (nSPS) is 13.5. The SMILES string of the molecule is CC(=O)CC(=O)NCC(C)C(C)(C)C. The second-order valence-electron chi connectivity index (χ2n) is 4.95. The molecule has 1 atom stereocenters. The summed E-state index contributed by atoms with van der Waals surface area (Å²) in [5.74, 6) is 0.137. The zero-order chi connectivity index (χ0) is 11.4. The van der Waals surface area contributed by atoms with Gasteiger partial charge in [0.2, 0.25) is 5.91 Å². The van der Waals surface area contributed by atoms with E-state index in [9.17, 15) is 9.59 Å². The highest BCUT2D eigenvalue weighted by Gasteiger charge is 2.20. The quantitative estimate of drug-likeness (QED) is 0.701. The van der Waals surface area contributed by atoms with Crippen LogP contribution in [-0.4, -0.2) is 18.2 Å². The van der Waals surface area contributed by atoms with Gasteiger partial charge >= 0.3 is 0 Å². The first-order valence-corrected chi connectivity index (χ1v) is 4.99. The molecule has 0 aliphatic rings. The maximum atomic E-state index is 11.2. The Hall–Kier alpha value is -0.860. The van der Waals surface area contributed by atoms with Crippen LogP contribution in [0.5, 0.6) is 0 Å². The Balaban J connectivity index is 3.84. The summed E-state index contributed by atoms with van der Waals surface area (Å²) in [6, 6.07) is 0. The molecule has 0 aliphatic heterocycles. The second-order valence-corrected chi connectivity index (χ2v) is 4.95. The van der Waals surface area contributed by atoms with Crippen molar-refractivity contribution in [3.05, 3.63) is 0 Å². The zero-order valence-corrected chi connectivity index (χ0v) is 9.81. The summed E-state index contributed by atoms with van der Waals surface area (Å²) in [4.78, 5) is 21.8. The Kier molecular flexibility index (Phi) is 4.81. The lowest BCUT2D eigenvalue weighted by atomic mass is 9.82. The number of carbonyl (C=O) groups is 2. The molecule has 0 fully saturated rings. The molecule has 0 aromatic rings. The minimum absolute atomic E-state index is 0.00311. The van der Waals surface area contributed by atoms with Crippen LogP contribution in [0.15, 0.2) is 0 Å². The van der Waals surface area contributed by atoms with Crippen molar-refractivity contribution in [3.8, 4) is 0 Å². The predicted octanol–water partition coefficient (Wildman–Crippen LogP) is 1.76. The van der Waals surface area contributed by atoms with Gasteiger partial charge in [-0.3, -0.25) is 9.59 Å². The summed E-state index contributed by atoms with van der Waals surface area (Å²) in [6.07, 6.45) is -0.00311. The third-order valence-corrected chi connectivity index (χ3v) is 2.49. The Morgan fingerprint density at radius 3 is 2.14 bits per heavy atom. The van der Waals surface area contributed by atoms with Crippen molar-refractivity contribution in [2.75, 3.05) is 6.54 Å². The lowest BCUT2D eigenvalue weighted by Gasteiger charge is -2.27. The van der Waals surface area contributed by atoms with Crippen molar-refractivity contribution < 1.29 is 9.59 Å². The summed E-state index contributed by atoms with van der Waals surface area (Å²) in [5.41, 5.74) is 0.184. The molecule has 0 aromatic heterocycles. The van der Waals surface area contributed by atoms with Crippen LogP contribution in [0.1, 0.15) is 41.0 Å². The molecular formula is C11H21NO2. The maximum absolute atomic E-state index is 11.2. The number of nitrogens with one attached hydrogen (secondary N) is 1. The molecule has 0 saturated heterocycles. The molecule has 0 aromatic carbocycles. The summed E-state index contributed by atoms with van der Waals surface area (Å²) in [7, 11) is 0. The lowest BCUT2D eigenvalue weighted by Crippen LogP contribution is -2.34. The van der Waals surface area contributed by atoms with Crippen LogP contribution in [0.4, 0.5) is 0 Å². The number of rotatable bonds is 4. The molecule has 0 spiro atoms. The van der Waals surface area contributed by atoms with Crippen molar-refractivity contribution in [1.29, 1.82) is 0 Å². The van der Waals surface area contributed by atoms with E-state index < -0.39 is 0 Å². The molecule has 0 bridgehead atoms. The molecule has 0 aliphatic carbocycles. The van der Waals surface area contributed by atoms with Crippen LogP contribution in [0, 0.1) is 11.3 Å². The Labute approximate surface area is 86.3 Å². The Bertz CT molecular complexity index is 216. The molecule has 0 heterocycles. The first kappa shape index (κ1) is 13.1. The van der Waals surface area contributed by atoms with Crippen molar-refractivity contribution in [2.24, 2.45) is 11.3 Å². The van der Waals surface area contributed by atoms with Gasteiger partial charge in [-0.05, 0) is 18.3 Å². The fraction of sp³-hybridized carbons (Fsp3) is 0.818. The van der Waals surface area contributed by atoms with E-state index in [0.717, 1.165) is 0 Å². The molecule has 1 N–H and O–H groups in total. The summed E-state index contributed by atoms with van der Waals surface area (Å²) < 4.78 is 0. The van der Waals surface area contributed by atoms with Crippen molar-refractivity contribution in [3.63, 3.8) is 0 Å². The second kappa shape index (κ2) is 5.13. The van der Waals surface area contributed by atoms with Gasteiger partial charge in [-0.25, -0.2) is 0 Å². The molecule has 0 saturated carbocycles. The van der Waals surface area contributed by atoms with Crippen molar-refractivity contribution in [2.45, 2.75) is 41.0 Å². The largest absolute Gasteiger partial charge is 0.355 e. The minimum Gasteiger partial charge on any atom is -0.355 e. The average molecular weight is 199 g/mol. The van der Waals surface area contributed by atoms with Gasteiger partial charge in [0.1, 0.15) is 5.78 Å². The predicted molar refractivity (Wildman–Crippen MR) is 56.9 cm³/mol. The van der Waals surface area contributed by atoms with Gasteiger partial charge in [-0.15, -0.1) is 0 Å². The minimum atomic E-state index is -0.173. The van der Waals surface area contributed by atoms with Gasteiger partial charge in [0.25, 0.3) is 0 Å². The zero-order valence-electron chi connectivity index (χ0n) is 9.81. The van der Waals surface area contributed by atoms with Crippen LogP contribution >= 0.6 is 0 Å². The average Bonchev–Trinajstić information content (AvgIpc) is 1.96. The van der Waals surface area contributed by atoms with Crippen molar-refractivity contribution in [1.82, 2.24) is 5.32 Å². The number of Topliss-reactive ketones (excluding diaryl/α,β-unsaturated/α-hetero) is 1. The monoisotopic (exact) mass is 199 g/mol. The Morgan fingerprint density at radius 2 is 1.79 bits per heavy atom. The van der Waals surface area contributed by atoms with Gasteiger partial charge in [0, 0.05) is 6.54 Å². The molecule has 1 unspecified atom stereocenters. The van der Waals surface area contributed by atoms with Gasteiger partial charge in [0.15, 0.2) is 0 Å². The molecule has 1 amide bonds. The van der Waals surface area contributed by atoms with Crippen LogP contribution in [0.3, 0.4) is 0 Å². The van der Waals surface area contributed by atoms with Gasteiger partial charge in [-0.2, -0.15) is 0 Å². The van der Waals surface area contributed by atoms with Gasteiger partial charge in [-0.1, -0.05) is 27.7 Å². The lowest BCUT2D eigenvalue weighted by molar-refractivity contribution is -0.127. The molecule has 3 heteroatoms. The highest BCUT2D eigenvalue weighted by atomic mass is 16.2. The van der Waals surface area contributed by atoms with E-state index in [1.807, 2.05) is 0 Å². The number of hydrogen-bond acceptors (Lipinski definition) is 2. The highest BCUT2D eigenvalue weighted by molar-refractivity contribution is 5.96. The molecule has 14 heavy (non-hydrogen) atoms. The summed E-state index contributed by atoms with van der Waals surface area (Å²) >= 11 is 0. The van der Waals surface area contributed by atoms with Crippen LogP contribution < -0.4 is 5.32 Å². The molecule has 82 valence electrons. The standard InChI is InChI=1S/C11H21NO2/c1-8(11(3,4)5)7-12-10(14)6-9(2)13/h8H,6-7H2,1-5H3,(H,12,14). The fourth-order valence-corrected chi connectivity index (χ4v) is 0.862. The smallest absolute Gasteiger partial charge is 0.227 e. The molecule has 0 radical (unpaired) electrons. The van der Waals surface area contributed by atoms with Gasteiger partial charge in [0.05, 0.1) is 6.42 Å². The summed E-state index contributed by atoms with van der Waals surface area (Å²) in [5, 5.41) is 2.76. The van der Waals surface area contributed by atoms with E-state index >= 15 is 0 Å². The van der Waals surface area contributed by atoms with E-state index in [4.69, 9.17) is 0 Å². The van der Waals surface area contributed by atoms with E-state index in [0.29, 0.717) is 12.5 Å². The number of ketones is 1. The number of carbonyl (C=O) groups excluding carboxylic acids is 2. The van der Waals surface area contributed by atoms with Gasteiger partial charge < -0.3 is 5.32 Å². The van der Waals surface area contributed by atoms with E-state index in [1.54, 1.807) is 0 Å².